The topological polar surface area (TPSA) is 133 Å². The van der Waals surface area contributed by atoms with Crippen LogP contribution in [0.2, 0.25) is 0 Å². The van der Waals surface area contributed by atoms with Gasteiger partial charge in [-0.05, 0) is 80.8 Å². The van der Waals surface area contributed by atoms with Crippen molar-refractivity contribution in [3.63, 3.8) is 0 Å². The molecule has 10 heteroatoms. The fourth-order valence-corrected chi connectivity index (χ4v) is 5.21. The van der Waals surface area contributed by atoms with Crippen molar-refractivity contribution >= 4 is 37.2 Å². The molecule has 3 rings (SSSR count). The summed E-state index contributed by atoms with van der Waals surface area (Å²) in [5.74, 6) is 0. The summed E-state index contributed by atoms with van der Waals surface area (Å²) in [4.78, 5) is 3.18. The Kier molecular flexibility index (Phi) is 7.80. The molecule has 0 amide bonds. The maximum Gasteiger partial charge on any atom is 0.295 e. The summed E-state index contributed by atoms with van der Waals surface area (Å²) < 4.78 is 67.8. The van der Waals surface area contributed by atoms with Gasteiger partial charge < -0.3 is 5.32 Å². The third kappa shape index (κ3) is 5.96. The molecule has 3 N–H and O–H groups in total. The number of rotatable bonds is 7. The molecule has 0 unspecified atom stereocenters. The third-order valence-electron chi connectivity index (χ3n) is 5.42. The van der Waals surface area contributed by atoms with Gasteiger partial charge in [-0.15, -0.1) is 0 Å². The molecular weight excluding hydrogens is 488 g/mol. The molecule has 1 aliphatic rings. The molecule has 0 aromatic heterocycles. The highest BCUT2D eigenvalue weighted by Gasteiger charge is 2.26. The van der Waals surface area contributed by atoms with Gasteiger partial charge in [-0.2, -0.15) is 16.8 Å². The van der Waals surface area contributed by atoms with Gasteiger partial charge in [-0.1, -0.05) is 23.8 Å². The lowest BCUT2D eigenvalue weighted by Gasteiger charge is -2.21. The Bertz CT molecular complexity index is 1500. The van der Waals surface area contributed by atoms with Crippen molar-refractivity contribution in [2.45, 2.75) is 37.5 Å². The van der Waals surface area contributed by atoms with E-state index in [4.69, 9.17) is 0 Å². The summed E-state index contributed by atoms with van der Waals surface area (Å²) >= 11 is 0. The zero-order chi connectivity index (χ0) is 26.0. The highest BCUT2D eigenvalue weighted by molar-refractivity contribution is 7.86. The monoisotopic (exact) mass is 516 g/mol. The lowest BCUT2D eigenvalue weighted by molar-refractivity contribution is 0.481. The van der Waals surface area contributed by atoms with Crippen molar-refractivity contribution in [1.82, 2.24) is 0 Å². The van der Waals surface area contributed by atoms with Gasteiger partial charge in [0, 0.05) is 29.9 Å². The molecule has 2 aromatic carbocycles. The van der Waals surface area contributed by atoms with Crippen LogP contribution in [0, 0.1) is 6.92 Å². The fourth-order valence-electron chi connectivity index (χ4n) is 3.91. The van der Waals surface area contributed by atoms with Crippen molar-refractivity contribution in [1.29, 1.82) is 0 Å². The summed E-state index contributed by atoms with van der Waals surface area (Å²) in [6.45, 7) is 8.85. The molecule has 1 aliphatic carbocycles. The average Bonchev–Trinajstić information content (AvgIpc) is 2.76. The number of nitrogens with zero attached hydrogens (tertiary/aromatic N) is 1. The summed E-state index contributed by atoms with van der Waals surface area (Å²) in [5, 5.41) is 3.28. The minimum atomic E-state index is -4.87. The number of aryl methyl sites for hydroxylation is 1. The number of hydrogen-bond acceptors (Lipinski definition) is 6. The maximum atomic E-state index is 12.4. The number of anilines is 1. The van der Waals surface area contributed by atoms with E-state index in [1.807, 2.05) is 58.0 Å². The molecule has 0 heterocycles. The molecule has 0 atom stereocenters. The van der Waals surface area contributed by atoms with E-state index in [0.29, 0.717) is 29.8 Å². The van der Waals surface area contributed by atoms with Gasteiger partial charge in [-0.3, -0.25) is 14.1 Å². The molecule has 0 spiro atoms. The van der Waals surface area contributed by atoms with Crippen LogP contribution in [-0.4, -0.2) is 44.7 Å². The van der Waals surface area contributed by atoms with E-state index < -0.39 is 30.0 Å². The van der Waals surface area contributed by atoms with Gasteiger partial charge in [0.1, 0.15) is 4.90 Å². The molecule has 0 saturated heterocycles. The lowest BCUT2D eigenvalue weighted by atomic mass is 9.87. The van der Waals surface area contributed by atoms with Crippen molar-refractivity contribution in [2.24, 2.45) is 4.99 Å². The van der Waals surface area contributed by atoms with Gasteiger partial charge in [-0.25, -0.2) is 0 Å². The number of allylic oxidation sites excluding steroid dienone is 5. The number of nitrogens with one attached hydrogen (secondary N) is 1. The SMILES string of the molecule is CCN=C1C=C/C(=C(/c2cc(C)ccc2NCC)c2ccc(S(=O)(=O)O)cc2S(=O)(=O)O)C=C1C. The zero-order valence-corrected chi connectivity index (χ0v) is 21.5. The zero-order valence-electron chi connectivity index (χ0n) is 19.9. The first kappa shape index (κ1) is 26.6. The maximum absolute atomic E-state index is 12.4. The molecule has 0 saturated carbocycles. The average molecular weight is 517 g/mol. The standard InChI is InChI=1S/C25H28N2O6S2/c1-5-26-22-12-8-18(14-17(22)4)25(21-13-16(3)7-11-23(21)27-6-2)20-10-9-19(34(28,29)30)15-24(20)35(31,32)33/h7-15,27H,5-6H2,1-4H3,(H,28,29,30)(H,31,32,33)/b25-18-,26-22?. The second-order valence-corrected chi connectivity index (χ2v) is 10.8. The number of aliphatic imine (C=N–C) groups is 1. The van der Waals surface area contributed by atoms with Gasteiger partial charge in [0.05, 0.1) is 10.6 Å². The summed E-state index contributed by atoms with van der Waals surface area (Å²) in [6, 6.07) is 8.82. The first-order chi connectivity index (χ1) is 16.4. The van der Waals surface area contributed by atoms with Crippen LogP contribution in [0.5, 0.6) is 0 Å². The third-order valence-corrected chi connectivity index (χ3v) is 7.17. The Labute approximate surface area is 206 Å². The smallest absolute Gasteiger partial charge is 0.295 e. The van der Waals surface area contributed by atoms with Crippen LogP contribution in [0.1, 0.15) is 37.5 Å². The highest BCUT2D eigenvalue weighted by atomic mass is 32.2. The fraction of sp³-hybridized carbons (Fsp3) is 0.240. The normalized spacial score (nSPS) is 16.9. The molecule has 0 radical (unpaired) electrons. The largest absolute Gasteiger partial charge is 0.385 e. The lowest BCUT2D eigenvalue weighted by Crippen LogP contribution is -2.10. The van der Waals surface area contributed by atoms with E-state index in [0.717, 1.165) is 34.7 Å². The second kappa shape index (κ2) is 10.3. The van der Waals surface area contributed by atoms with Crippen molar-refractivity contribution in [3.8, 4) is 0 Å². The van der Waals surface area contributed by atoms with Gasteiger partial charge >= 0.3 is 0 Å². The van der Waals surface area contributed by atoms with Gasteiger partial charge in [0.15, 0.2) is 0 Å². The van der Waals surface area contributed by atoms with E-state index >= 15 is 0 Å². The van der Waals surface area contributed by atoms with E-state index in [2.05, 4.69) is 10.3 Å². The van der Waals surface area contributed by atoms with Crippen LogP contribution in [0.4, 0.5) is 5.69 Å². The molecule has 8 nitrogen and oxygen atoms in total. The van der Waals surface area contributed by atoms with Crippen LogP contribution in [0.3, 0.4) is 0 Å². The molecule has 0 aliphatic heterocycles. The predicted molar refractivity (Wildman–Crippen MR) is 138 cm³/mol. The van der Waals surface area contributed by atoms with E-state index in [1.165, 1.54) is 6.07 Å². The number of benzene rings is 2. The summed E-state index contributed by atoms with van der Waals surface area (Å²) in [6.07, 6.45) is 5.50. The van der Waals surface area contributed by atoms with Crippen LogP contribution < -0.4 is 5.32 Å². The summed E-state index contributed by atoms with van der Waals surface area (Å²) in [5.41, 5.74) is 5.16. The minimum absolute atomic E-state index is 0.0873. The molecule has 0 bridgehead atoms. The molecule has 0 fully saturated rings. The highest BCUT2D eigenvalue weighted by Crippen LogP contribution is 2.39. The van der Waals surface area contributed by atoms with E-state index in [-0.39, 0.29) is 5.56 Å². The molecular formula is C25H28N2O6S2. The van der Waals surface area contributed by atoms with E-state index in [9.17, 15) is 25.9 Å². The van der Waals surface area contributed by atoms with Crippen molar-refractivity contribution in [3.05, 3.63) is 82.5 Å². The van der Waals surface area contributed by atoms with Gasteiger partial charge in [0.2, 0.25) is 0 Å². The van der Waals surface area contributed by atoms with Crippen LogP contribution in [-0.2, 0) is 20.2 Å². The Morgan fingerprint density at radius 1 is 0.914 bits per heavy atom. The Balaban J connectivity index is 2.49. The van der Waals surface area contributed by atoms with E-state index in [1.54, 1.807) is 6.08 Å². The Morgan fingerprint density at radius 2 is 1.63 bits per heavy atom. The Hall–Kier alpha value is -3.05. The van der Waals surface area contributed by atoms with Crippen LogP contribution >= 0.6 is 0 Å². The summed E-state index contributed by atoms with van der Waals surface area (Å²) in [7, 11) is -9.58. The quantitative estimate of drug-likeness (QED) is 0.454. The predicted octanol–water partition coefficient (Wildman–Crippen LogP) is 4.70. The Morgan fingerprint density at radius 3 is 2.20 bits per heavy atom. The van der Waals surface area contributed by atoms with Crippen LogP contribution in [0.25, 0.3) is 5.57 Å². The molecule has 2 aromatic rings. The first-order valence-corrected chi connectivity index (χ1v) is 13.8. The number of hydrogen-bond donors (Lipinski definition) is 3. The first-order valence-electron chi connectivity index (χ1n) is 11.0. The van der Waals surface area contributed by atoms with Crippen LogP contribution in [0.15, 0.2) is 80.6 Å². The van der Waals surface area contributed by atoms with Crippen molar-refractivity contribution in [2.75, 3.05) is 18.4 Å². The molecule has 35 heavy (non-hydrogen) atoms. The van der Waals surface area contributed by atoms with Gasteiger partial charge in [0.25, 0.3) is 20.2 Å². The minimum Gasteiger partial charge on any atom is -0.385 e. The molecule has 186 valence electrons. The van der Waals surface area contributed by atoms with Crippen molar-refractivity contribution < 1.29 is 25.9 Å². The second-order valence-electron chi connectivity index (χ2n) is 8.04.